The van der Waals surface area contributed by atoms with Crippen LogP contribution in [-0.2, 0) is 14.3 Å². The molecule has 3 unspecified atom stereocenters. The predicted molar refractivity (Wildman–Crippen MR) is 61.3 cm³/mol. The van der Waals surface area contributed by atoms with Crippen LogP contribution in [0.5, 0.6) is 0 Å². The van der Waals surface area contributed by atoms with Gasteiger partial charge in [-0.05, 0) is 6.92 Å². The van der Waals surface area contributed by atoms with Gasteiger partial charge in [-0.3, -0.25) is 9.59 Å². The fraction of sp³-hybridized carbons (Fsp3) is 0.818. The van der Waals surface area contributed by atoms with E-state index in [9.17, 15) is 9.59 Å². The highest BCUT2D eigenvalue weighted by molar-refractivity contribution is 5.80. The first kappa shape index (κ1) is 13.9. The Morgan fingerprint density at radius 2 is 2.18 bits per heavy atom. The van der Waals surface area contributed by atoms with Crippen LogP contribution in [0.25, 0.3) is 0 Å². The molecule has 1 aliphatic heterocycles. The van der Waals surface area contributed by atoms with Gasteiger partial charge in [-0.2, -0.15) is 0 Å². The fourth-order valence-electron chi connectivity index (χ4n) is 1.84. The van der Waals surface area contributed by atoms with Crippen LogP contribution in [0.15, 0.2) is 0 Å². The van der Waals surface area contributed by atoms with Crippen molar-refractivity contribution < 1.29 is 19.4 Å². The SMILES string of the molecule is CCN(CC(C)C(=O)O)C(=O)C1COCC1N. The third kappa shape index (κ3) is 3.41. The smallest absolute Gasteiger partial charge is 0.308 e. The summed E-state index contributed by atoms with van der Waals surface area (Å²) >= 11 is 0. The molecule has 0 bridgehead atoms. The second kappa shape index (κ2) is 5.97. The summed E-state index contributed by atoms with van der Waals surface area (Å²) in [5, 5.41) is 8.84. The summed E-state index contributed by atoms with van der Waals surface area (Å²) in [7, 11) is 0. The number of carboxylic acid groups (broad SMARTS) is 1. The highest BCUT2D eigenvalue weighted by Crippen LogP contribution is 2.16. The Morgan fingerprint density at radius 3 is 2.59 bits per heavy atom. The van der Waals surface area contributed by atoms with Gasteiger partial charge >= 0.3 is 5.97 Å². The normalized spacial score (nSPS) is 25.6. The molecule has 17 heavy (non-hydrogen) atoms. The summed E-state index contributed by atoms with van der Waals surface area (Å²) in [6, 6.07) is -0.281. The monoisotopic (exact) mass is 244 g/mol. The average Bonchev–Trinajstić information content (AvgIpc) is 2.70. The maximum absolute atomic E-state index is 12.1. The van der Waals surface area contributed by atoms with E-state index in [0.29, 0.717) is 19.8 Å². The maximum atomic E-state index is 12.1. The third-order valence-corrected chi connectivity index (χ3v) is 3.05. The molecule has 1 fully saturated rings. The van der Waals surface area contributed by atoms with E-state index >= 15 is 0 Å². The molecule has 0 saturated carbocycles. The van der Waals surface area contributed by atoms with Gasteiger partial charge in [0.15, 0.2) is 0 Å². The average molecular weight is 244 g/mol. The highest BCUT2D eigenvalue weighted by Gasteiger charge is 2.34. The molecule has 6 nitrogen and oxygen atoms in total. The standard InChI is InChI=1S/C11H20N2O4/c1-3-13(4-7(2)11(15)16)10(14)8-5-17-6-9(8)12/h7-9H,3-6,12H2,1-2H3,(H,15,16). The van der Waals surface area contributed by atoms with E-state index < -0.39 is 11.9 Å². The van der Waals surface area contributed by atoms with Crippen LogP contribution in [0.4, 0.5) is 0 Å². The van der Waals surface area contributed by atoms with Crippen molar-refractivity contribution in [1.29, 1.82) is 0 Å². The number of nitrogens with two attached hydrogens (primary N) is 1. The lowest BCUT2D eigenvalue weighted by atomic mass is 10.0. The minimum Gasteiger partial charge on any atom is -0.481 e. The summed E-state index contributed by atoms with van der Waals surface area (Å²) in [5.74, 6) is -1.91. The number of ether oxygens (including phenoxy) is 1. The number of carbonyl (C=O) groups excluding carboxylic acids is 1. The Kier molecular flexibility index (Phi) is 4.89. The van der Waals surface area contributed by atoms with Crippen LogP contribution in [0.1, 0.15) is 13.8 Å². The van der Waals surface area contributed by atoms with Gasteiger partial charge in [0.1, 0.15) is 0 Å². The van der Waals surface area contributed by atoms with Crippen molar-refractivity contribution in [2.24, 2.45) is 17.6 Å². The van der Waals surface area contributed by atoms with Gasteiger partial charge in [-0.1, -0.05) is 6.92 Å². The van der Waals surface area contributed by atoms with Crippen molar-refractivity contribution in [2.75, 3.05) is 26.3 Å². The molecule has 1 saturated heterocycles. The molecule has 3 N–H and O–H groups in total. The van der Waals surface area contributed by atoms with Crippen LogP contribution in [-0.4, -0.2) is 54.2 Å². The topological polar surface area (TPSA) is 92.9 Å². The molecule has 0 aromatic heterocycles. The number of hydrogen-bond donors (Lipinski definition) is 2. The minimum absolute atomic E-state index is 0.106. The van der Waals surface area contributed by atoms with Crippen LogP contribution in [0, 0.1) is 11.8 Å². The Labute approximate surface area is 101 Å². The summed E-state index contributed by atoms with van der Waals surface area (Å²) in [6.07, 6.45) is 0. The maximum Gasteiger partial charge on any atom is 0.308 e. The Balaban J connectivity index is 2.60. The first-order valence-electron chi connectivity index (χ1n) is 5.82. The summed E-state index contributed by atoms with van der Waals surface area (Å²) < 4.78 is 5.15. The molecule has 98 valence electrons. The molecule has 1 amide bonds. The Hall–Kier alpha value is -1.14. The van der Waals surface area contributed by atoms with Crippen molar-refractivity contribution in [3.05, 3.63) is 0 Å². The molecule has 0 radical (unpaired) electrons. The number of hydrogen-bond acceptors (Lipinski definition) is 4. The van der Waals surface area contributed by atoms with Gasteiger partial charge in [0.25, 0.3) is 0 Å². The Bertz CT molecular complexity index is 295. The molecule has 0 aromatic carbocycles. The van der Waals surface area contributed by atoms with Gasteiger partial charge in [-0.15, -0.1) is 0 Å². The number of carboxylic acids is 1. The highest BCUT2D eigenvalue weighted by atomic mass is 16.5. The predicted octanol–water partition coefficient (Wildman–Crippen LogP) is -0.471. The van der Waals surface area contributed by atoms with Crippen LogP contribution >= 0.6 is 0 Å². The van der Waals surface area contributed by atoms with Crippen molar-refractivity contribution in [1.82, 2.24) is 4.90 Å². The summed E-state index contributed by atoms with van der Waals surface area (Å²) in [6.45, 7) is 4.84. The van der Waals surface area contributed by atoms with E-state index in [2.05, 4.69) is 0 Å². The number of carbonyl (C=O) groups is 2. The molecule has 0 spiro atoms. The van der Waals surface area contributed by atoms with Gasteiger partial charge in [0.2, 0.25) is 5.91 Å². The zero-order valence-corrected chi connectivity index (χ0v) is 10.3. The number of aliphatic carboxylic acids is 1. The molecule has 0 aliphatic carbocycles. The van der Waals surface area contributed by atoms with Gasteiger partial charge in [0.05, 0.1) is 25.0 Å². The van der Waals surface area contributed by atoms with Crippen LogP contribution < -0.4 is 5.73 Å². The Morgan fingerprint density at radius 1 is 1.53 bits per heavy atom. The molecule has 1 heterocycles. The third-order valence-electron chi connectivity index (χ3n) is 3.05. The second-order valence-corrected chi connectivity index (χ2v) is 4.42. The second-order valence-electron chi connectivity index (χ2n) is 4.42. The van der Waals surface area contributed by atoms with Crippen LogP contribution in [0.3, 0.4) is 0 Å². The van der Waals surface area contributed by atoms with E-state index in [0.717, 1.165) is 0 Å². The lowest BCUT2D eigenvalue weighted by Crippen LogP contribution is -2.45. The van der Waals surface area contributed by atoms with Crippen molar-refractivity contribution >= 4 is 11.9 Å². The number of amides is 1. The molecular weight excluding hydrogens is 224 g/mol. The lowest BCUT2D eigenvalue weighted by Gasteiger charge is -2.26. The number of rotatable bonds is 5. The molecule has 0 aromatic rings. The molecule has 6 heteroatoms. The van der Waals surface area contributed by atoms with Gasteiger partial charge < -0.3 is 20.5 Å². The largest absolute Gasteiger partial charge is 0.481 e. The molecular formula is C11H20N2O4. The van der Waals surface area contributed by atoms with E-state index in [4.69, 9.17) is 15.6 Å². The summed E-state index contributed by atoms with van der Waals surface area (Å²) in [5.41, 5.74) is 5.77. The first-order chi connectivity index (χ1) is 7.97. The molecule has 3 atom stereocenters. The van der Waals surface area contributed by atoms with Crippen molar-refractivity contribution in [3.8, 4) is 0 Å². The van der Waals surface area contributed by atoms with Gasteiger partial charge in [0, 0.05) is 19.1 Å². The molecule has 1 aliphatic rings. The quantitative estimate of drug-likeness (QED) is 0.682. The van der Waals surface area contributed by atoms with E-state index in [1.165, 1.54) is 4.90 Å². The van der Waals surface area contributed by atoms with E-state index in [-0.39, 0.29) is 24.4 Å². The zero-order valence-electron chi connectivity index (χ0n) is 10.3. The van der Waals surface area contributed by atoms with Gasteiger partial charge in [-0.25, -0.2) is 0 Å². The van der Waals surface area contributed by atoms with Crippen molar-refractivity contribution in [2.45, 2.75) is 19.9 Å². The lowest BCUT2D eigenvalue weighted by molar-refractivity contribution is -0.143. The first-order valence-corrected chi connectivity index (χ1v) is 5.82. The summed E-state index contributed by atoms with van der Waals surface area (Å²) in [4.78, 5) is 24.4. The van der Waals surface area contributed by atoms with Crippen molar-refractivity contribution in [3.63, 3.8) is 0 Å². The fourth-order valence-corrected chi connectivity index (χ4v) is 1.84. The minimum atomic E-state index is -0.900. The number of nitrogens with zero attached hydrogens (tertiary/aromatic N) is 1. The van der Waals surface area contributed by atoms with E-state index in [1.54, 1.807) is 6.92 Å². The van der Waals surface area contributed by atoms with E-state index in [1.807, 2.05) is 6.92 Å². The molecule has 1 rings (SSSR count). The van der Waals surface area contributed by atoms with Crippen LogP contribution in [0.2, 0.25) is 0 Å². The zero-order chi connectivity index (χ0) is 13.0.